The Hall–Kier alpha value is -1.27. The number of rotatable bonds is 4. The minimum atomic E-state index is -1.12. The van der Waals surface area contributed by atoms with E-state index in [1.54, 1.807) is 32.9 Å². The van der Waals surface area contributed by atoms with Gasteiger partial charge in [-0.3, -0.25) is 0 Å². The molecule has 7 heteroatoms. The minimum Gasteiger partial charge on any atom is -0.480 e. The van der Waals surface area contributed by atoms with Gasteiger partial charge in [-0.05, 0) is 32.9 Å². The number of carbonyl (C=O) groups excluding carboxylic acids is 1. The lowest BCUT2D eigenvalue weighted by atomic mass is 10.2. The van der Waals surface area contributed by atoms with E-state index in [0.29, 0.717) is 4.34 Å². The van der Waals surface area contributed by atoms with E-state index in [0.717, 1.165) is 4.88 Å². The summed E-state index contributed by atoms with van der Waals surface area (Å²) in [6.07, 6.45) is -0.575. The van der Waals surface area contributed by atoms with Gasteiger partial charge in [-0.1, -0.05) is 11.6 Å². The van der Waals surface area contributed by atoms with Crippen LogP contribution in [0.2, 0.25) is 4.34 Å². The third-order valence-corrected chi connectivity index (χ3v) is 3.28. The second-order valence-corrected chi connectivity index (χ2v) is 6.75. The van der Waals surface area contributed by atoms with Crippen molar-refractivity contribution in [2.45, 2.75) is 38.8 Å². The number of hydrogen-bond donors (Lipinski definition) is 2. The topological polar surface area (TPSA) is 75.6 Å². The highest BCUT2D eigenvalue weighted by Gasteiger charge is 2.24. The van der Waals surface area contributed by atoms with Crippen molar-refractivity contribution >= 4 is 35.0 Å². The average molecular weight is 306 g/mol. The number of thiophene rings is 1. The first-order chi connectivity index (χ1) is 8.67. The molecule has 1 heterocycles. The fourth-order valence-corrected chi connectivity index (χ4v) is 2.45. The Morgan fingerprint density at radius 2 is 2.11 bits per heavy atom. The van der Waals surface area contributed by atoms with Crippen molar-refractivity contribution in [1.29, 1.82) is 0 Å². The molecule has 0 spiro atoms. The largest absolute Gasteiger partial charge is 0.480 e. The standard InChI is InChI=1S/C12H16ClNO4S/c1-12(2,3)18-11(17)14-8(10(15)16)6-7-4-5-9(13)19-7/h4-5,8H,6H2,1-3H3,(H,14,17)(H,15,16)/t8-/m0/s1. The molecular weight excluding hydrogens is 290 g/mol. The van der Waals surface area contributed by atoms with Gasteiger partial charge in [0.25, 0.3) is 0 Å². The van der Waals surface area contributed by atoms with E-state index in [4.69, 9.17) is 21.4 Å². The van der Waals surface area contributed by atoms with Crippen molar-refractivity contribution < 1.29 is 19.4 Å². The van der Waals surface area contributed by atoms with Crippen LogP contribution in [0.1, 0.15) is 25.6 Å². The SMILES string of the molecule is CC(C)(C)OC(=O)N[C@@H](Cc1ccc(Cl)s1)C(=O)O. The highest BCUT2D eigenvalue weighted by atomic mass is 35.5. The summed E-state index contributed by atoms with van der Waals surface area (Å²) >= 11 is 7.06. The average Bonchev–Trinajstić information content (AvgIpc) is 2.60. The van der Waals surface area contributed by atoms with Gasteiger partial charge in [0.05, 0.1) is 4.34 Å². The Balaban J connectivity index is 2.63. The van der Waals surface area contributed by atoms with Crippen molar-refractivity contribution in [1.82, 2.24) is 5.32 Å². The molecule has 2 N–H and O–H groups in total. The maximum atomic E-state index is 11.5. The minimum absolute atomic E-state index is 0.173. The first kappa shape index (κ1) is 15.8. The molecule has 0 unspecified atom stereocenters. The van der Waals surface area contributed by atoms with Crippen molar-refractivity contribution in [2.24, 2.45) is 0 Å². The molecule has 1 atom stereocenters. The Labute approximate surface area is 120 Å². The number of amides is 1. The van der Waals surface area contributed by atoms with Gasteiger partial charge >= 0.3 is 12.1 Å². The smallest absolute Gasteiger partial charge is 0.408 e. The number of carbonyl (C=O) groups is 2. The van der Waals surface area contributed by atoms with Crippen LogP contribution >= 0.6 is 22.9 Å². The summed E-state index contributed by atoms with van der Waals surface area (Å²) in [5, 5.41) is 11.4. The number of nitrogens with one attached hydrogen (secondary N) is 1. The monoisotopic (exact) mass is 305 g/mol. The molecule has 0 saturated heterocycles. The number of aliphatic carboxylic acids is 1. The van der Waals surface area contributed by atoms with E-state index in [-0.39, 0.29) is 6.42 Å². The summed E-state index contributed by atoms with van der Waals surface area (Å²) in [4.78, 5) is 23.4. The fraction of sp³-hybridized carbons (Fsp3) is 0.500. The first-order valence-electron chi connectivity index (χ1n) is 5.64. The summed E-state index contributed by atoms with van der Waals surface area (Å²) in [7, 11) is 0. The quantitative estimate of drug-likeness (QED) is 0.897. The zero-order valence-electron chi connectivity index (χ0n) is 10.9. The Morgan fingerprint density at radius 1 is 1.47 bits per heavy atom. The first-order valence-corrected chi connectivity index (χ1v) is 6.83. The number of alkyl carbamates (subject to hydrolysis) is 1. The number of halogens is 1. The van der Waals surface area contributed by atoms with Gasteiger partial charge in [0.1, 0.15) is 11.6 Å². The van der Waals surface area contributed by atoms with E-state index in [2.05, 4.69) is 5.32 Å². The molecule has 0 aliphatic rings. The molecule has 19 heavy (non-hydrogen) atoms. The lowest BCUT2D eigenvalue weighted by Crippen LogP contribution is -2.44. The van der Waals surface area contributed by atoms with Crippen LogP contribution in [-0.2, 0) is 16.0 Å². The number of carboxylic acids is 1. The molecule has 0 bridgehead atoms. The number of ether oxygens (including phenoxy) is 1. The predicted octanol–water partition coefficient (Wildman–Crippen LogP) is 2.92. The summed E-state index contributed by atoms with van der Waals surface area (Å²) in [6, 6.07) is 2.39. The molecule has 0 saturated carbocycles. The van der Waals surface area contributed by atoms with E-state index in [1.807, 2.05) is 0 Å². The Kier molecular flexibility index (Phi) is 5.20. The molecule has 1 aromatic rings. The Morgan fingerprint density at radius 3 is 2.53 bits per heavy atom. The van der Waals surface area contributed by atoms with Crippen LogP contribution in [0.4, 0.5) is 4.79 Å². The molecule has 1 rings (SSSR count). The van der Waals surface area contributed by atoms with E-state index < -0.39 is 23.7 Å². The van der Waals surface area contributed by atoms with Crippen LogP contribution in [0.25, 0.3) is 0 Å². The van der Waals surface area contributed by atoms with Crippen molar-refractivity contribution in [3.8, 4) is 0 Å². The molecule has 0 aromatic carbocycles. The van der Waals surface area contributed by atoms with Gasteiger partial charge in [-0.15, -0.1) is 11.3 Å². The second-order valence-electron chi connectivity index (χ2n) is 4.95. The van der Waals surface area contributed by atoms with Gasteiger partial charge in [-0.2, -0.15) is 0 Å². The molecule has 1 aromatic heterocycles. The molecule has 0 fully saturated rings. The van der Waals surface area contributed by atoms with Crippen molar-refractivity contribution in [2.75, 3.05) is 0 Å². The normalized spacial score (nSPS) is 12.8. The molecular formula is C12H16ClNO4S. The number of carboxylic acid groups (broad SMARTS) is 1. The van der Waals surface area contributed by atoms with Crippen LogP contribution in [0.15, 0.2) is 12.1 Å². The third kappa shape index (κ3) is 5.94. The highest BCUT2D eigenvalue weighted by Crippen LogP contribution is 2.22. The summed E-state index contributed by atoms with van der Waals surface area (Å²) in [5.74, 6) is -1.12. The van der Waals surface area contributed by atoms with E-state index in [9.17, 15) is 9.59 Å². The molecule has 5 nitrogen and oxygen atoms in total. The maximum absolute atomic E-state index is 11.5. The van der Waals surface area contributed by atoms with Gasteiger partial charge in [0.2, 0.25) is 0 Å². The van der Waals surface area contributed by atoms with Crippen LogP contribution in [-0.4, -0.2) is 28.8 Å². The van der Waals surface area contributed by atoms with Gasteiger partial charge < -0.3 is 15.2 Å². The highest BCUT2D eigenvalue weighted by molar-refractivity contribution is 7.16. The summed E-state index contributed by atoms with van der Waals surface area (Å²) < 4.78 is 5.61. The third-order valence-electron chi connectivity index (χ3n) is 2.02. The lowest BCUT2D eigenvalue weighted by Gasteiger charge is -2.21. The predicted molar refractivity (Wildman–Crippen MR) is 73.8 cm³/mol. The molecule has 1 amide bonds. The second kappa shape index (κ2) is 6.25. The van der Waals surface area contributed by atoms with Crippen LogP contribution in [0.3, 0.4) is 0 Å². The molecule has 0 aliphatic carbocycles. The zero-order chi connectivity index (χ0) is 14.6. The van der Waals surface area contributed by atoms with Crippen LogP contribution < -0.4 is 5.32 Å². The Bertz CT molecular complexity index is 467. The van der Waals surface area contributed by atoms with Crippen molar-refractivity contribution in [3.63, 3.8) is 0 Å². The number of hydrogen-bond acceptors (Lipinski definition) is 4. The van der Waals surface area contributed by atoms with Gasteiger partial charge in [0.15, 0.2) is 0 Å². The summed E-state index contributed by atoms with van der Waals surface area (Å²) in [6.45, 7) is 5.13. The van der Waals surface area contributed by atoms with Gasteiger partial charge in [-0.25, -0.2) is 9.59 Å². The lowest BCUT2D eigenvalue weighted by molar-refractivity contribution is -0.139. The van der Waals surface area contributed by atoms with E-state index >= 15 is 0 Å². The maximum Gasteiger partial charge on any atom is 0.408 e. The summed E-state index contributed by atoms with van der Waals surface area (Å²) in [5.41, 5.74) is -0.667. The fourth-order valence-electron chi connectivity index (χ4n) is 1.31. The van der Waals surface area contributed by atoms with E-state index in [1.165, 1.54) is 11.3 Å². The molecule has 0 aliphatic heterocycles. The zero-order valence-corrected chi connectivity index (χ0v) is 12.5. The van der Waals surface area contributed by atoms with Crippen LogP contribution in [0.5, 0.6) is 0 Å². The van der Waals surface area contributed by atoms with Gasteiger partial charge in [0, 0.05) is 11.3 Å². The molecule has 0 radical (unpaired) electrons. The molecule has 106 valence electrons. The van der Waals surface area contributed by atoms with Crippen molar-refractivity contribution in [3.05, 3.63) is 21.3 Å². The van der Waals surface area contributed by atoms with Crippen LogP contribution in [0, 0.1) is 0 Å².